The van der Waals surface area contributed by atoms with E-state index in [1.165, 1.54) is 12.8 Å². The Balaban J connectivity index is 1.27. The number of aromatic nitrogens is 3. The van der Waals surface area contributed by atoms with E-state index in [1.54, 1.807) is 0 Å². The normalized spacial score (nSPS) is 22.7. The molecule has 200 valence electrons. The van der Waals surface area contributed by atoms with E-state index in [4.69, 9.17) is 14.8 Å². The topological polar surface area (TPSA) is 75.3 Å². The molecule has 2 unspecified atom stereocenters. The fourth-order valence-electron chi connectivity index (χ4n) is 6.38. The van der Waals surface area contributed by atoms with E-state index in [0.29, 0.717) is 17.2 Å². The van der Waals surface area contributed by atoms with Crippen LogP contribution in [0.3, 0.4) is 0 Å². The first-order valence-corrected chi connectivity index (χ1v) is 14.2. The maximum absolute atomic E-state index is 13.9. The number of likely N-dealkylation sites (tertiary alicyclic amines) is 1. The van der Waals surface area contributed by atoms with Gasteiger partial charge in [0.25, 0.3) is 5.91 Å². The molecule has 0 bridgehead atoms. The summed E-state index contributed by atoms with van der Waals surface area (Å²) in [6.45, 7) is 4.74. The average molecular weight is 515 g/mol. The van der Waals surface area contributed by atoms with Crippen LogP contribution in [0.4, 0.5) is 5.82 Å². The zero-order chi connectivity index (χ0) is 26.1. The molecule has 3 aliphatic rings. The highest BCUT2D eigenvalue weighted by atomic mass is 16.5. The van der Waals surface area contributed by atoms with Crippen molar-refractivity contribution < 1.29 is 9.53 Å². The van der Waals surface area contributed by atoms with E-state index in [1.807, 2.05) is 40.7 Å². The second-order valence-corrected chi connectivity index (χ2v) is 11.1. The number of anilines is 1. The molecule has 1 aromatic carbocycles. The first kappa shape index (κ1) is 24.9. The van der Waals surface area contributed by atoms with Crippen molar-refractivity contribution in [1.82, 2.24) is 19.5 Å². The van der Waals surface area contributed by atoms with Crippen molar-refractivity contribution in [2.45, 2.75) is 70.4 Å². The number of aliphatic imine (C=N–C) groups is 1. The van der Waals surface area contributed by atoms with Crippen molar-refractivity contribution in [3.63, 3.8) is 0 Å². The number of benzene rings is 1. The minimum Gasteiger partial charge on any atom is -0.490 e. The zero-order valence-corrected chi connectivity index (χ0v) is 22.6. The van der Waals surface area contributed by atoms with Crippen LogP contribution in [0.15, 0.2) is 41.5 Å². The Bertz CT molecular complexity index is 1330. The lowest BCUT2D eigenvalue weighted by Gasteiger charge is -2.35. The second-order valence-electron chi connectivity index (χ2n) is 11.1. The van der Waals surface area contributed by atoms with Crippen molar-refractivity contribution >= 4 is 23.6 Å². The molecule has 2 aromatic heterocycles. The van der Waals surface area contributed by atoms with Gasteiger partial charge in [0.05, 0.1) is 23.4 Å². The van der Waals surface area contributed by atoms with Crippen molar-refractivity contribution in [3.8, 4) is 5.75 Å². The number of hydrogen-bond acceptors (Lipinski definition) is 6. The lowest BCUT2D eigenvalue weighted by Crippen LogP contribution is -2.39. The third-order valence-electron chi connectivity index (χ3n) is 8.33. The number of aryl methyl sites for hydroxylation is 1. The summed E-state index contributed by atoms with van der Waals surface area (Å²) in [7, 11) is 1.84. The molecule has 0 N–H and O–H groups in total. The van der Waals surface area contributed by atoms with E-state index < -0.39 is 0 Å². The molecule has 0 spiro atoms. The molecule has 8 heteroatoms. The number of carbonyl (C=O) groups excluding carboxylic acids is 1. The third-order valence-corrected chi connectivity index (χ3v) is 8.33. The van der Waals surface area contributed by atoms with E-state index in [-0.39, 0.29) is 18.1 Å². The number of para-hydroxylation sites is 1. The van der Waals surface area contributed by atoms with Gasteiger partial charge in [0, 0.05) is 56.6 Å². The van der Waals surface area contributed by atoms with Crippen LogP contribution >= 0.6 is 0 Å². The number of rotatable bonds is 6. The minimum absolute atomic E-state index is 0.0332. The lowest BCUT2D eigenvalue weighted by atomic mass is 9.98. The Morgan fingerprint density at radius 3 is 2.74 bits per heavy atom. The highest BCUT2D eigenvalue weighted by Gasteiger charge is 2.33. The van der Waals surface area contributed by atoms with Gasteiger partial charge in [-0.3, -0.25) is 4.79 Å². The van der Waals surface area contributed by atoms with Crippen LogP contribution in [0.5, 0.6) is 5.75 Å². The van der Waals surface area contributed by atoms with Crippen molar-refractivity contribution in [3.05, 3.63) is 53.3 Å². The van der Waals surface area contributed by atoms with E-state index in [0.717, 1.165) is 80.9 Å². The maximum atomic E-state index is 13.9. The van der Waals surface area contributed by atoms with Gasteiger partial charge in [-0.1, -0.05) is 12.1 Å². The average Bonchev–Trinajstić information content (AvgIpc) is 3.70. The highest BCUT2D eigenvalue weighted by Crippen LogP contribution is 2.35. The SMILES string of the molecule is CN=CC1CCN(c2nc3cc(C4CCCCN4C(=O)c4ccccc4OC4CCCC4)nn3cc2C)C1. The summed E-state index contributed by atoms with van der Waals surface area (Å²) in [5, 5.41) is 4.93. The molecular formula is C30H38N6O2. The molecule has 1 aliphatic carbocycles. The van der Waals surface area contributed by atoms with Crippen LogP contribution in [0.1, 0.15) is 79.0 Å². The highest BCUT2D eigenvalue weighted by molar-refractivity contribution is 5.97. The summed E-state index contributed by atoms with van der Waals surface area (Å²) in [5.41, 5.74) is 3.51. The molecule has 0 radical (unpaired) electrons. The van der Waals surface area contributed by atoms with Crippen LogP contribution in [0, 0.1) is 12.8 Å². The standard InChI is InChI=1S/C30H38N6O2/c1-21-19-36-28(32-29(21)34-16-14-22(20-34)18-31-2)17-25(33-36)26-12-7-8-15-35(26)30(37)24-11-5-6-13-27(24)38-23-9-3-4-10-23/h5-6,11,13,17-19,22-23,26H,3-4,7-10,12,14-16,20H2,1-2H3. The smallest absolute Gasteiger partial charge is 0.258 e. The molecule has 1 amide bonds. The second kappa shape index (κ2) is 10.8. The fourth-order valence-corrected chi connectivity index (χ4v) is 6.38. The van der Waals surface area contributed by atoms with Crippen LogP contribution in [-0.4, -0.2) is 64.4 Å². The van der Waals surface area contributed by atoms with Crippen LogP contribution < -0.4 is 9.64 Å². The summed E-state index contributed by atoms with van der Waals surface area (Å²) < 4.78 is 8.19. The number of carbonyl (C=O) groups is 1. The van der Waals surface area contributed by atoms with Gasteiger partial charge in [-0.25, -0.2) is 9.50 Å². The van der Waals surface area contributed by atoms with Gasteiger partial charge in [0.2, 0.25) is 0 Å². The number of nitrogens with zero attached hydrogens (tertiary/aromatic N) is 6. The molecule has 1 saturated carbocycles. The Labute approximate surface area is 224 Å². The number of fused-ring (bicyclic) bond motifs is 1. The molecule has 4 heterocycles. The van der Waals surface area contributed by atoms with Gasteiger partial charge in [0.15, 0.2) is 5.65 Å². The van der Waals surface area contributed by atoms with Gasteiger partial charge < -0.3 is 19.5 Å². The number of hydrogen-bond donors (Lipinski definition) is 0. The summed E-state index contributed by atoms with van der Waals surface area (Å²) in [5.74, 6) is 2.24. The predicted octanol–water partition coefficient (Wildman–Crippen LogP) is 5.25. The zero-order valence-electron chi connectivity index (χ0n) is 22.6. The maximum Gasteiger partial charge on any atom is 0.258 e. The molecule has 6 rings (SSSR count). The van der Waals surface area contributed by atoms with E-state index >= 15 is 0 Å². The van der Waals surface area contributed by atoms with Crippen molar-refractivity contribution in [2.24, 2.45) is 10.9 Å². The van der Waals surface area contributed by atoms with E-state index in [2.05, 4.69) is 35.3 Å². The van der Waals surface area contributed by atoms with Crippen molar-refractivity contribution in [2.75, 3.05) is 31.6 Å². The first-order chi connectivity index (χ1) is 18.6. The van der Waals surface area contributed by atoms with Crippen LogP contribution in [0.25, 0.3) is 5.65 Å². The fraction of sp³-hybridized carbons (Fsp3) is 0.533. The van der Waals surface area contributed by atoms with Gasteiger partial charge >= 0.3 is 0 Å². The Hall–Kier alpha value is -3.42. The molecule has 8 nitrogen and oxygen atoms in total. The molecule has 38 heavy (non-hydrogen) atoms. The van der Waals surface area contributed by atoms with Gasteiger partial charge in [-0.15, -0.1) is 0 Å². The minimum atomic E-state index is -0.0711. The van der Waals surface area contributed by atoms with Crippen LogP contribution in [0.2, 0.25) is 0 Å². The third kappa shape index (κ3) is 4.88. The molecular weight excluding hydrogens is 476 g/mol. The summed E-state index contributed by atoms with van der Waals surface area (Å²) in [6, 6.07) is 9.74. The quantitative estimate of drug-likeness (QED) is 0.420. The summed E-state index contributed by atoms with van der Waals surface area (Å²) in [4.78, 5) is 27.5. The summed E-state index contributed by atoms with van der Waals surface area (Å²) >= 11 is 0. The Kier molecular flexibility index (Phi) is 7.04. The molecule has 3 aromatic rings. The first-order valence-electron chi connectivity index (χ1n) is 14.2. The molecule has 2 saturated heterocycles. The van der Waals surface area contributed by atoms with Crippen LogP contribution in [-0.2, 0) is 0 Å². The number of ether oxygens (including phenoxy) is 1. The van der Waals surface area contributed by atoms with Gasteiger partial charge in [-0.2, -0.15) is 5.10 Å². The molecule has 3 fully saturated rings. The Morgan fingerprint density at radius 2 is 1.89 bits per heavy atom. The molecule has 2 atom stereocenters. The summed E-state index contributed by atoms with van der Waals surface area (Å²) in [6.07, 6.45) is 12.9. The molecule has 2 aliphatic heterocycles. The Morgan fingerprint density at radius 1 is 1.08 bits per heavy atom. The van der Waals surface area contributed by atoms with Gasteiger partial charge in [0.1, 0.15) is 11.6 Å². The largest absolute Gasteiger partial charge is 0.490 e. The van der Waals surface area contributed by atoms with Crippen molar-refractivity contribution in [1.29, 1.82) is 0 Å². The van der Waals surface area contributed by atoms with E-state index in [9.17, 15) is 4.79 Å². The monoisotopic (exact) mass is 514 g/mol. The number of amides is 1. The lowest BCUT2D eigenvalue weighted by molar-refractivity contribution is 0.0598. The predicted molar refractivity (Wildman–Crippen MR) is 149 cm³/mol. The number of piperidine rings is 1. The van der Waals surface area contributed by atoms with Gasteiger partial charge in [-0.05, 0) is 70.4 Å².